The van der Waals surface area contributed by atoms with E-state index in [0.29, 0.717) is 10.5 Å². The molecule has 17 heavy (non-hydrogen) atoms. The van der Waals surface area contributed by atoms with Gasteiger partial charge in [-0.2, -0.15) is 0 Å². The van der Waals surface area contributed by atoms with Gasteiger partial charge in [0.05, 0.1) is 0 Å². The molecule has 0 fully saturated rings. The molecule has 0 unspecified atom stereocenters. The van der Waals surface area contributed by atoms with Gasteiger partial charge in [-0.15, -0.1) is 11.3 Å². The Bertz CT molecular complexity index is 708. The molecule has 84 valence electrons. The summed E-state index contributed by atoms with van der Waals surface area (Å²) in [5.74, 6) is 0. The Labute approximate surface area is 107 Å². The van der Waals surface area contributed by atoms with Gasteiger partial charge < -0.3 is 10.0 Å². The first-order valence-electron chi connectivity index (χ1n) is 5.13. The molecule has 0 aliphatic rings. The van der Waals surface area contributed by atoms with Crippen molar-refractivity contribution in [1.29, 1.82) is 0 Å². The molecule has 2 aromatic carbocycles. The molecule has 0 saturated heterocycles. The second-order valence-corrected chi connectivity index (χ2v) is 5.33. The zero-order chi connectivity index (χ0) is 12.0. The number of thiophene rings is 1. The van der Waals surface area contributed by atoms with Gasteiger partial charge in [-0.3, -0.25) is 0 Å². The highest BCUT2D eigenvalue weighted by Crippen LogP contribution is 2.34. The van der Waals surface area contributed by atoms with Crippen molar-refractivity contribution in [3.63, 3.8) is 0 Å². The van der Waals surface area contributed by atoms with Crippen molar-refractivity contribution in [3.8, 4) is 0 Å². The predicted molar refractivity (Wildman–Crippen MR) is 74.2 cm³/mol. The smallest absolute Gasteiger partial charge is 0.423 e. The van der Waals surface area contributed by atoms with E-state index >= 15 is 0 Å². The van der Waals surface area contributed by atoms with Crippen LogP contribution in [0.4, 0.5) is 0 Å². The fraction of sp³-hybridized carbons (Fsp3) is 0. The molecular formula is C12H8BClO2S. The monoisotopic (exact) mass is 262 g/mol. The Morgan fingerprint density at radius 2 is 1.88 bits per heavy atom. The molecule has 0 spiro atoms. The second kappa shape index (κ2) is 4.00. The van der Waals surface area contributed by atoms with Crippen LogP contribution < -0.4 is 5.46 Å². The quantitative estimate of drug-likeness (QED) is 0.661. The first kappa shape index (κ1) is 11.0. The Hall–Kier alpha value is -1.07. The molecule has 2 nitrogen and oxygen atoms in total. The second-order valence-electron chi connectivity index (χ2n) is 3.84. The predicted octanol–water partition coefficient (Wildman–Crippen LogP) is 2.39. The van der Waals surface area contributed by atoms with Crippen molar-refractivity contribution in [2.75, 3.05) is 0 Å². The molecule has 0 amide bonds. The van der Waals surface area contributed by atoms with Crippen molar-refractivity contribution in [1.82, 2.24) is 0 Å². The van der Waals surface area contributed by atoms with Crippen molar-refractivity contribution >= 4 is 55.7 Å². The number of halogens is 1. The van der Waals surface area contributed by atoms with Crippen LogP contribution in [0.15, 0.2) is 36.4 Å². The summed E-state index contributed by atoms with van der Waals surface area (Å²) >= 11 is 7.53. The summed E-state index contributed by atoms with van der Waals surface area (Å²) < 4.78 is 2.00. The van der Waals surface area contributed by atoms with Gasteiger partial charge >= 0.3 is 7.12 Å². The minimum Gasteiger partial charge on any atom is -0.423 e. The number of benzene rings is 2. The van der Waals surface area contributed by atoms with Gasteiger partial charge in [-0.1, -0.05) is 29.8 Å². The lowest BCUT2D eigenvalue weighted by molar-refractivity contribution is 0.426. The van der Waals surface area contributed by atoms with Gasteiger partial charge in [-0.05, 0) is 23.7 Å². The first-order chi connectivity index (χ1) is 8.16. The Morgan fingerprint density at radius 1 is 1.06 bits per heavy atom. The number of hydrogen-bond donors (Lipinski definition) is 2. The SMILES string of the molecule is OB(O)c1cccc2c1sc1ccc(Cl)cc12. The van der Waals surface area contributed by atoms with Crippen molar-refractivity contribution in [3.05, 3.63) is 41.4 Å². The Morgan fingerprint density at radius 3 is 2.65 bits per heavy atom. The molecule has 0 radical (unpaired) electrons. The number of fused-ring (bicyclic) bond motifs is 3. The molecule has 0 saturated carbocycles. The Kier molecular flexibility index (Phi) is 2.60. The average molecular weight is 263 g/mol. The highest BCUT2D eigenvalue weighted by molar-refractivity contribution is 7.27. The lowest BCUT2D eigenvalue weighted by Crippen LogP contribution is -2.29. The standard InChI is InChI=1S/C12H8BClO2S/c14-7-4-5-11-9(6-7)8-2-1-3-10(13(15)16)12(8)17-11/h1-6,15-16H. The van der Waals surface area contributed by atoms with Crippen molar-refractivity contribution < 1.29 is 10.0 Å². The first-order valence-corrected chi connectivity index (χ1v) is 6.33. The molecule has 0 aliphatic carbocycles. The normalized spacial score (nSPS) is 11.2. The zero-order valence-electron chi connectivity index (χ0n) is 8.72. The van der Waals surface area contributed by atoms with Gasteiger partial charge in [0.1, 0.15) is 0 Å². The van der Waals surface area contributed by atoms with E-state index in [-0.39, 0.29) is 0 Å². The van der Waals surface area contributed by atoms with Crippen molar-refractivity contribution in [2.45, 2.75) is 0 Å². The molecule has 2 N–H and O–H groups in total. The summed E-state index contributed by atoms with van der Waals surface area (Å²) in [4.78, 5) is 0. The maximum atomic E-state index is 9.34. The summed E-state index contributed by atoms with van der Waals surface area (Å²) in [5, 5.41) is 21.4. The third-order valence-electron chi connectivity index (χ3n) is 2.77. The minimum atomic E-state index is -1.44. The summed E-state index contributed by atoms with van der Waals surface area (Å²) in [6.07, 6.45) is 0. The van der Waals surface area contributed by atoms with Crippen LogP contribution >= 0.6 is 22.9 Å². The maximum absolute atomic E-state index is 9.34. The van der Waals surface area contributed by atoms with Gasteiger partial charge in [0, 0.05) is 25.2 Å². The highest BCUT2D eigenvalue weighted by atomic mass is 35.5. The molecule has 3 aromatic rings. The molecular weight excluding hydrogens is 254 g/mol. The van der Waals surface area contributed by atoms with Crippen LogP contribution in [-0.2, 0) is 0 Å². The number of rotatable bonds is 1. The fourth-order valence-corrected chi connectivity index (χ4v) is 3.38. The molecule has 3 rings (SSSR count). The highest BCUT2D eigenvalue weighted by Gasteiger charge is 2.17. The Balaban J connectivity index is 2.47. The average Bonchev–Trinajstić information content (AvgIpc) is 2.66. The summed E-state index contributed by atoms with van der Waals surface area (Å²) in [6, 6.07) is 11.2. The van der Waals surface area contributed by atoms with Crippen LogP contribution in [0.25, 0.3) is 20.2 Å². The van der Waals surface area contributed by atoms with E-state index in [4.69, 9.17) is 11.6 Å². The molecule has 0 aliphatic heterocycles. The van der Waals surface area contributed by atoms with E-state index in [1.165, 1.54) is 0 Å². The van der Waals surface area contributed by atoms with Crippen LogP contribution in [-0.4, -0.2) is 17.2 Å². The molecule has 0 bridgehead atoms. The molecule has 0 atom stereocenters. The largest absolute Gasteiger partial charge is 0.489 e. The molecule has 5 heteroatoms. The van der Waals surface area contributed by atoms with Gasteiger partial charge in [0.2, 0.25) is 0 Å². The lowest BCUT2D eigenvalue weighted by Gasteiger charge is -2.00. The van der Waals surface area contributed by atoms with Gasteiger partial charge in [0.25, 0.3) is 0 Å². The van der Waals surface area contributed by atoms with Crippen LogP contribution in [0.1, 0.15) is 0 Å². The summed E-state index contributed by atoms with van der Waals surface area (Å²) in [5.41, 5.74) is 0.542. The third kappa shape index (κ3) is 1.74. The maximum Gasteiger partial charge on any atom is 0.489 e. The number of hydrogen-bond acceptors (Lipinski definition) is 3. The summed E-state index contributed by atoms with van der Waals surface area (Å²) in [6.45, 7) is 0. The zero-order valence-corrected chi connectivity index (χ0v) is 10.3. The minimum absolute atomic E-state index is 0.542. The lowest BCUT2D eigenvalue weighted by atomic mass is 9.80. The summed E-state index contributed by atoms with van der Waals surface area (Å²) in [7, 11) is -1.44. The van der Waals surface area contributed by atoms with Crippen LogP contribution in [0.2, 0.25) is 5.02 Å². The third-order valence-corrected chi connectivity index (χ3v) is 4.24. The van der Waals surface area contributed by atoms with Crippen LogP contribution in [0.3, 0.4) is 0 Å². The fourth-order valence-electron chi connectivity index (χ4n) is 2.00. The van der Waals surface area contributed by atoms with E-state index in [1.807, 2.05) is 30.3 Å². The van der Waals surface area contributed by atoms with Gasteiger partial charge in [-0.25, -0.2) is 0 Å². The van der Waals surface area contributed by atoms with E-state index < -0.39 is 7.12 Å². The molecule has 1 aromatic heterocycles. The van der Waals surface area contributed by atoms with E-state index in [9.17, 15) is 10.0 Å². The van der Waals surface area contributed by atoms with Crippen LogP contribution in [0.5, 0.6) is 0 Å². The van der Waals surface area contributed by atoms with E-state index in [0.717, 1.165) is 20.2 Å². The topological polar surface area (TPSA) is 40.5 Å². The van der Waals surface area contributed by atoms with E-state index in [1.54, 1.807) is 17.4 Å². The van der Waals surface area contributed by atoms with Gasteiger partial charge in [0.15, 0.2) is 0 Å². The van der Waals surface area contributed by atoms with Crippen LogP contribution in [0, 0.1) is 0 Å². The molecule has 1 heterocycles. The van der Waals surface area contributed by atoms with Crippen molar-refractivity contribution in [2.24, 2.45) is 0 Å². The van der Waals surface area contributed by atoms with E-state index in [2.05, 4.69) is 0 Å².